The molecule has 128 valence electrons. The van der Waals surface area contributed by atoms with Gasteiger partial charge in [0.2, 0.25) is 8.32 Å². The Balaban J connectivity index is 2.83. The number of nitrogens with zero attached hydrogens (tertiary/aromatic N) is 3. The molecule has 0 aliphatic heterocycles. The van der Waals surface area contributed by atoms with E-state index >= 15 is 0 Å². The minimum absolute atomic E-state index is 0.186. The number of hydrogen-bond acceptors (Lipinski definition) is 3. The summed E-state index contributed by atoms with van der Waals surface area (Å²) < 4.78 is 6.30. The van der Waals surface area contributed by atoms with Gasteiger partial charge in [-0.15, -0.1) is 0 Å². The SMILES string of the molecule is CNC(C)(CN=[N+]=[N-])Cc1ccc(O[Si](C)(C)C(C)(C)C)cc1. The third kappa shape index (κ3) is 5.57. The molecule has 5 nitrogen and oxygen atoms in total. The van der Waals surface area contributed by atoms with Crippen LogP contribution in [0.5, 0.6) is 5.75 Å². The first-order chi connectivity index (χ1) is 10.5. The Morgan fingerprint density at radius 3 is 2.17 bits per heavy atom. The Morgan fingerprint density at radius 2 is 1.74 bits per heavy atom. The summed E-state index contributed by atoms with van der Waals surface area (Å²) in [5, 5.41) is 7.13. The Kier molecular flexibility index (Phi) is 6.28. The first-order valence-electron chi connectivity index (χ1n) is 8.01. The molecule has 1 aromatic carbocycles. The molecule has 0 aliphatic carbocycles. The van der Waals surface area contributed by atoms with E-state index in [0.717, 1.165) is 12.2 Å². The topological polar surface area (TPSA) is 70.0 Å². The fourth-order valence-electron chi connectivity index (χ4n) is 1.98. The van der Waals surface area contributed by atoms with Gasteiger partial charge in [0, 0.05) is 17.0 Å². The second-order valence-corrected chi connectivity index (χ2v) is 12.6. The first-order valence-corrected chi connectivity index (χ1v) is 10.9. The van der Waals surface area contributed by atoms with Gasteiger partial charge in [0.15, 0.2) is 0 Å². The summed E-state index contributed by atoms with van der Waals surface area (Å²) in [6.07, 6.45) is 0.795. The largest absolute Gasteiger partial charge is 0.544 e. The van der Waals surface area contributed by atoms with Crippen LogP contribution in [-0.4, -0.2) is 27.4 Å². The van der Waals surface area contributed by atoms with E-state index in [1.54, 1.807) is 0 Å². The fraction of sp³-hybridized carbons (Fsp3) is 0.647. The Hall–Kier alpha value is -1.49. The van der Waals surface area contributed by atoms with E-state index in [0.29, 0.717) is 6.54 Å². The third-order valence-corrected chi connectivity index (χ3v) is 9.14. The molecule has 23 heavy (non-hydrogen) atoms. The van der Waals surface area contributed by atoms with Crippen LogP contribution in [0.25, 0.3) is 10.4 Å². The van der Waals surface area contributed by atoms with Crippen LogP contribution in [0.1, 0.15) is 33.3 Å². The molecule has 1 N–H and O–H groups in total. The molecule has 0 heterocycles. The quantitative estimate of drug-likeness (QED) is 0.333. The van der Waals surface area contributed by atoms with Crippen LogP contribution in [0, 0.1) is 0 Å². The predicted octanol–water partition coefficient (Wildman–Crippen LogP) is 4.90. The van der Waals surface area contributed by atoms with Crippen molar-refractivity contribution in [2.24, 2.45) is 5.11 Å². The van der Waals surface area contributed by atoms with Crippen LogP contribution in [-0.2, 0) is 6.42 Å². The number of nitrogens with one attached hydrogen (secondary N) is 1. The molecule has 0 amide bonds. The van der Waals surface area contributed by atoms with Gasteiger partial charge in [-0.05, 0) is 61.8 Å². The molecule has 1 unspecified atom stereocenters. The summed E-state index contributed by atoms with van der Waals surface area (Å²) >= 11 is 0. The molecule has 0 fully saturated rings. The van der Waals surface area contributed by atoms with Gasteiger partial charge < -0.3 is 9.74 Å². The lowest BCUT2D eigenvalue weighted by molar-refractivity contribution is 0.392. The smallest absolute Gasteiger partial charge is 0.250 e. The molecule has 0 saturated carbocycles. The molecule has 0 saturated heterocycles. The van der Waals surface area contributed by atoms with Gasteiger partial charge >= 0.3 is 0 Å². The van der Waals surface area contributed by atoms with Crippen molar-refractivity contribution in [2.75, 3.05) is 13.6 Å². The van der Waals surface area contributed by atoms with Crippen molar-refractivity contribution in [2.45, 2.75) is 57.8 Å². The van der Waals surface area contributed by atoms with Crippen LogP contribution in [0.3, 0.4) is 0 Å². The maximum Gasteiger partial charge on any atom is 0.250 e. The van der Waals surface area contributed by atoms with Gasteiger partial charge in [0.05, 0.1) is 0 Å². The second kappa shape index (κ2) is 7.38. The maximum absolute atomic E-state index is 8.52. The molecule has 0 aliphatic rings. The van der Waals surface area contributed by atoms with Crippen molar-refractivity contribution < 1.29 is 4.43 Å². The molecule has 0 spiro atoms. The van der Waals surface area contributed by atoms with Gasteiger partial charge in [-0.3, -0.25) is 0 Å². The molecule has 0 aromatic heterocycles. The van der Waals surface area contributed by atoms with Gasteiger partial charge in [-0.2, -0.15) is 0 Å². The van der Waals surface area contributed by atoms with Crippen molar-refractivity contribution in [3.05, 3.63) is 40.3 Å². The number of rotatable bonds is 7. The average Bonchev–Trinajstić information content (AvgIpc) is 2.46. The fourth-order valence-corrected chi connectivity index (χ4v) is 3.02. The van der Waals surface area contributed by atoms with Crippen LogP contribution < -0.4 is 9.74 Å². The number of benzene rings is 1. The summed E-state index contributed by atoms with van der Waals surface area (Å²) in [6.45, 7) is 13.7. The zero-order valence-corrected chi connectivity index (χ0v) is 16.5. The third-order valence-electron chi connectivity index (χ3n) is 4.78. The molecule has 1 atom stereocenters. The van der Waals surface area contributed by atoms with Crippen molar-refractivity contribution in [3.8, 4) is 5.75 Å². The highest BCUT2D eigenvalue weighted by Crippen LogP contribution is 2.37. The highest BCUT2D eigenvalue weighted by atomic mass is 28.4. The summed E-state index contributed by atoms with van der Waals surface area (Å²) in [6, 6.07) is 8.27. The van der Waals surface area contributed by atoms with E-state index in [1.807, 2.05) is 19.2 Å². The molecular formula is C17H30N4OSi. The zero-order chi connectivity index (χ0) is 17.7. The van der Waals surface area contributed by atoms with E-state index in [-0.39, 0.29) is 10.6 Å². The van der Waals surface area contributed by atoms with E-state index in [9.17, 15) is 0 Å². The van der Waals surface area contributed by atoms with Crippen LogP contribution in [0.15, 0.2) is 29.4 Å². The van der Waals surface area contributed by atoms with E-state index < -0.39 is 8.32 Å². The minimum atomic E-state index is -1.80. The Bertz CT molecular complexity index is 559. The molecular weight excluding hydrogens is 304 g/mol. The van der Waals surface area contributed by atoms with E-state index in [2.05, 4.69) is 68.3 Å². The van der Waals surface area contributed by atoms with Crippen LogP contribution in [0.4, 0.5) is 0 Å². The average molecular weight is 335 g/mol. The van der Waals surface area contributed by atoms with Crippen molar-refractivity contribution in [1.29, 1.82) is 0 Å². The predicted molar refractivity (Wildman–Crippen MR) is 99.4 cm³/mol. The molecule has 1 aromatic rings. The van der Waals surface area contributed by atoms with Gasteiger partial charge in [0.25, 0.3) is 0 Å². The summed E-state index contributed by atoms with van der Waals surface area (Å²) in [7, 11) is 0.0888. The molecule has 0 bridgehead atoms. The zero-order valence-electron chi connectivity index (χ0n) is 15.5. The summed E-state index contributed by atoms with van der Waals surface area (Å²) in [5.74, 6) is 0.932. The van der Waals surface area contributed by atoms with Crippen LogP contribution in [0.2, 0.25) is 18.1 Å². The molecule has 0 radical (unpaired) electrons. The first kappa shape index (κ1) is 19.6. The molecule has 6 heteroatoms. The highest BCUT2D eigenvalue weighted by molar-refractivity contribution is 6.74. The summed E-state index contributed by atoms with van der Waals surface area (Å²) in [5.41, 5.74) is 9.47. The lowest BCUT2D eigenvalue weighted by Gasteiger charge is -2.36. The van der Waals surface area contributed by atoms with E-state index in [1.165, 1.54) is 5.56 Å². The van der Waals surface area contributed by atoms with Gasteiger partial charge in [-0.25, -0.2) is 0 Å². The van der Waals surface area contributed by atoms with E-state index in [4.69, 9.17) is 9.96 Å². The summed E-state index contributed by atoms with van der Waals surface area (Å²) in [4.78, 5) is 2.86. The van der Waals surface area contributed by atoms with Crippen LogP contribution >= 0.6 is 0 Å². The van der Waals surface area contributed by atoms with Crippen molar-refractivity contribution in [3.63, 3.8) is 0 Å². The second-order valence-electron chi connectivity index (χ2n) is 7.88. The number of hydrogen-bond donors (Lipinski definition) is 1. The Labute approximate surface area is 141 Å². The monoisotopic (exact) mass is 334 g/mol. The highest BCUT2D eigenvalue weighted by Gasteiger charge is 2.38. The lowest BCUT2D eigenvalue weighted by Crippen LogP contribution is -2.44. The number of likely N-dealkylation sites (N-methyl/N-ethyl adjacent to an activating group) is 1. The lowest BCUT2D eigenvalue weighted by atomic mass is 9.93. The normalized spacial score (nSPS) is 14.7. The van der Waals surface area contributed by atoms with Gasteiger partial charge in [0.1, 0.15) is 5.75 Å². The van der Waals surface area contributed by atoms with Crippen molar-refractivity contribution >= 4 is 8.32 Å². The maximum atomic E-state index is 8.52. The number of azide groups is 1. The standard InChI is InChI=1S/C17H30N4OSi/c1-16(2,3)23(6,7)22-15-10-8-14(9-11-15)12-17(4,19-5)13-20-21-18/h8-11,19H,12-13H2,1-7H3. The Morgan fingerprint density at radius 1 is 1.17 bits per heavy atom. The minimum Gasteiger partial charge on any atom is -0.544 e. The van der Waals surface area contributed by atoms with Gasteiger partial charge in [-0.1, -0.05) is 38.0 Å². The molecule has 1 rings (SSSR count). The van der Waals surface area contributed by atoms with Crippen molar-refractivity contribution in [1.82, 2.24) is 5.32 Å².